The molecule has 0 spiro atoms. The van der Waals surface area contributed by atoms with Crippen molar-refractivity contribution in [3.05, 3.63) is 53.9 Å². The molecule has 14 heavy (non-hydrogen) atoms. The third kappa shape index (κ3) is 1.79. The van der Waals surface area contributed by atoms with E-state index in [0.29, 0.717) is 0 Å². The lowest BCUT2D eigenvalue weighted by atomic mass is 10.1. The number of aryl methyl sites for hydroxylation is 2. The van der Waals surface area contributed by atoms with E-state index in [2.05, 4.69) is 13.0 Å². The highest BCUT2D eigenvalue weighted by atomic mass is 16.7. The highest BCUT2D eigenvalue weighted by Gasteiger charge is 1.99. The molecule has 0 atom stereocenters. The number of rotatable bonds is 2. The third-order valence-corrected chi connectivity index (χ3v) is 2.11. The normalized spacial score (nSPS) is 10.1. The molecule has 0 fully saturated rings. The molecule has 0 saturated carbocycles. The summed E-state index contributed by atoms with van der Waals surface area (Å²) in [5.41, 5.74) is 2.40. The molecule has 0 N–H and O–H groups in total. The molecule has 0 radical (unpaired) electrons. The van der Waals surface area contributed by atoms with Gasteiger partial charge in [-0.1, -0.05) is 17.7 Å². The van der Waals surface area contributed by atoms with Crippen LogP contribution in [0, 0.1) is 13.8 Å². The molecule has 0 aliphatic rings. The lowest BCUT2D eigenvalue weighted by molar-refractivity contribution is 0.215. The standard InChI is InChI=1S/C12H13NO/c1-10-5-6-12(11(2)9-10)14-13-7-3-4-8-13/h3-9H,1-2H3. The second-order valence-electron chi connectivity index (χ2n) is 3.40. The molecule has 72 valence electrons. The summed E-state index contributed by atoms with van der Waals surface area (Å²) < 4.78 is 1.69. The SMILES string of the molecule is Cc1ccc(On2cccc2)c(C)c1. The zero-order chi connectivity index (χ0) is 9.97. The summed E-state index contributed by atoms with van der Waals surface area (Å²) in [5.74, 6) is 0.895. The average Bonchev–Trinajstić information content (AvgIpc) is 2.62. The van der Waals surface area contributed by atoms with Crippen LogP contribution in [0.15, 0.2) is 42.7 Å². The molecular weight excluding hydrogens is 174 g/mol. The van der Waals surface area contributed by atoms with Gasteiger partial charge in [0.05, 0.1) is 0 Å². The molecule has 0 aliphatic heterocycles. The van der Waals surface area contributed by atoms with Gasteiger partial charge in [-0.05, 0) is 37.6 Å². The summed E-state index contributed by atoms with van der Waals surface area (Å²) >= 11 is 0. The van der Waals surface area contributed by atoms with Crippen LogP contribution in [0.25, 0.3) is 0 Å². The van der Waals surface area contributed by atoms with Crippen molar-refractivity contribution in [2.75, 3.05) is 0 Å². The average molecular weight is 187 g/mol. The van der Waals surface area contributed by atoms with Crippen LogP contribution in [0.2, 0.25) is 0 Å². The van der Waals surface area contributed by atoms with Crippen LogP contribution in [-0.4, -0.2) is 4.73 Å². The van der Waals surface area contributed by atoms with Gasteiger partial charge < -0.3 is 4.84 Å². The van der Waals surface area contributed by atoms with Gasteiger partial charge >= 0.3 is 0 Å². The maximum Gasteiger partial charge on any atom is 0.158 e. The van der Waals surface area contributed by atoms with Gasteiger partial charge in [0.1, 0.15) is 0 Å². The smallest absolute Gasteiger partial charge is 0.158 e. The van der Waals surface area contributed by atoms with Crippen LogP contribution in [0.1, 0.15) is 11.1 Å². The van der Waals surface area contributed by atoms with Crippen LogP contribution in [0.5, 0.6) is 5.75 Å². The molecule has 0 unspecified atom stereocenters. The van der Waals surface area contributed by atoms with E-state index in [1.165, 1.54) is 5.56 Å². The monoisotopic (exact) mass is 187 g/mol. The minimum atomic E-state index is 0.895. The summed E-state index contributed by atoms with van der Waals surface area (Å²) in [6.07, 6.45) is 3.75. The second-order valence-corrected chi connectivity index (χ2v) is 3.40. The Balaban J connectivity index is 2.25. The lowest BCUT2D eigenvalue weighted by Crippen LogP contribution is -2.02. The molecule has 2 aromatic rings. The van der Waals surface area contributed by atoms with Gasteiger partial charge in [-0.3, -0.25) is 0 Å². The summed E-state index contributed by atoms with van der Waals surface area (Å²) in [7, 11) is 0. The van der Waals surface area contributed by atoms with E-state index >= 15 is 0 Å². The molecular formula is C12H13NO. The van der Waals surface area contributed by atoms with E-state index in [9.17, 15) is 0 Å². The van der Waals surface area contributed by atoms with Gasteiger partial charge in [-0.2, -0.15) is 4.73 Å². The highest BCUT2D eigenvalue weighted by molar-refractivity contribution is 5.35. The van der Waals surface area contributed by atoms with Gasteiger partial charge in [-0.25, -0.2) is 0 Å². The first kappa shape index (κ1) is 8.88. The first-order valence-electron chi connectivity index (χ1n) is 4.64. The van der Waals surface area contributed by atoms with E-state index in [1.807, 2.05) is 43.6 Å². The van der Waals surface area contributed by atoms with Crippen molar-refractivity contribution in [2.24, 2.45) is 0 Å². The van der Waals surface area contributed by atoms with Crippen LogP contribution >= 0.6 is 0 Å². The summed E-state index contributed by atoms with van der Waals surface area (Å²) in [6, 6.07) is 10.0. The Bertz CT molecular complexity index is 418. The Morgan fingerprint density at radius 3 is 2.43 bits per heavy atom. The zero-order valence-corrected chi connectivity index (χ0v) is 8.40. The Morgan fingerprint density at radius 1 is 1.07 bits per heavy atom. The molecule has 2 nitrogen and oxygen atoms in total. The Morgan fingerprint density at radius 2 is 1.79 bits per heavy atom. The third-order valence-electron chi connectivity index (χ3n) is 2.11. The van der Waals surface area contributed by atoms with Gasteiger partial charge in [-0.15, -0.1) is 0 Å². The van der Waals surface area contributed by atoms with Crippen molar-refractivity contribution in [3.63, 3.8) is 0 Å². The van der Waals surface area contributed by atoms with E-state index in [1.54, 1.807) is 4.73 Å². The Labute approximate surface area is 83.7 Å². The maximum absolute atomic E-state index is 5.62. The van der Waals surface area contributed by atoms with Crippen LogP contribution in [0.3, 0.4) is 0 Å². The highest BCUT2D eigenvalue weighted by Crippen LogP contribution is 2.18. The minimum Gasteiger partial charge on any atom is -0.376 e. The number of hydrogen-bond acceptors (Lipinski definition) is 1. The quantitative estimate of drug-likeness (QED) is 0.705. The van der Waals surface area contributed by atoms with Crippen molar-refractivity contribution < 1.29 is 4.84 Å². The fourth-order valence-corrected chi connectivity index (χ4v) is 1.39. The molecule has 1 heterocycles. The van der Waals surface area contributed by atoms with E-state index in [0.717, 1.165) is 11.3 Å². The van der Waals surface area contributed by atoms with E-state index in [4.69, 9.17) is 4.84 Å². The van der Waals surface area contributed by atoms with Crippen molar-refractivity contribution in [1.82, 2.24) is 4.73 Å². The first-order chi connectivity index (χ1) is 6.75. The fraction of sp³-hybridized carbons (Fsp3) is 0.167. The zero-order valence-electron chi connectivity index (χ0n) is 8.40. The maximum atomic E-state index is 5.62. The number of nitrogens with zero attached hydrogens (tertiary/aromatic N) is 1. The molecule has 0 saturated heterocycles. The molecule has 1 aromatic carbocycles. The predicted octanol–water partition coefficient (Wildman–Crippen LogP) is 2.95. The number of aromatic nitrogens is 1. The minimum absolute atomic E-state index is 0.895. The van der Waals surface area contributed by atoms with Gasteiger partial charge in [0.2, 0.25) is 0 Å². The van der Waals surface area contributed by atoms with Gasteiger partial charge in [0.15, 0.2) is 5.75 Å². The fourth-order valence-electron chi connectivity index (χ4n) is 1.39. The molecule has 2 rings (SSSR count). The van der Waals surface area contributed by atoms with Crippen LogP contribution in [0.4, 0.5) is 0 Å². The Kier molecular flexibility index (Phi) is 2.27. The molecule has 1 aromatic heterocycles. The topological polar surface area (TPSA) is 14.2 Å². The van der Waals surface area contributed by atoms with E-state index in [-0.39, 0.29) is 0 Å². The van der Waals surface area contributed by atoms with Crippen molar-refractivity contribution >= 4 is 0 Å². The molecule has 2 heteroatoms. The summed E-state index contributed by atoms with van der Waals surface area (Å²) in [5, 5.41) is 0. The number of hydrogen-bond donors (Lipinski definition) is 0. The molecule has 0 bridgehead atoms. The second kappa shape index (κ2) is 3.58. The number of benzene rings is 1. The van der Waals surface area contributed by atoms with Crippen molar-refractivity contribution in [1.29, 1.82) is 0 Å². The van der Waals surface area contributed by atoms with Crippen molar-refractivity contribution in [2.45, 2.75) is 13.8 Å². The summed E-state index contributed by atoms with van der Waals surface area (Å²) in [6.45, 7) is 4.12. The van der Waals surface area contributed by atoms with Gasteiger partial charge in [0, 0.05) is 12.4 Å². The first-order valence-corrected chi connectivity index (χ1v) is 4.64. The molecule has 0 amide bonds. The van der Waals surface area contributed by atoms with Crippen LogP contribution < -0.4 is 4.84 Å². The summed E-state index contributed by atoms with van der Waals surface area (Å²) in [4.78, 5) is 5.62. The van der Waals surface area contributed by atoms with Gasteiger partial charge in [0.25, 0.3) is 0 Å². The van der Waals surface area contributed by atoms with Crippen LogP contribution in [-0.2, 0) is 0 Å². The predicted molar refractivity (Wildman–Crippen MR) is 56.4 cm³/mol. The van der Waals surface area contributed by atoms with Crippen molar-refractivity contribution in [3.8, 4) is 5.75 Å². The van der Waals surface area contributed by atoms with E-state index < -0.39 is 0 Å². The largest absolute Gasteiger partial charge is 0.376 e. The lowest BCUT2D eigenvalue weighted by Gasteiger charge is -2.08. The Hall–Kier alpha value is -1.70. The molecule has 0 aliphatic carbocycles.